The van der Waals surface area contributed by atoms with Gasteiger partial charge in [0, 0.05) is 0 Å². The molecule has 4 heteroatoms. The van der Waals surface area contributed by atoms with Gasteiger partial charge in [0.2, 0.25) is 0 Å². The van der Waals surface area contributed by atoms with Crippen LogP contribution in [0.5, 0.6) is 0 Å². The highest BCUT2D eigenvalue weighted by Gasteiger charge is 2.51. The van der Waals surface area contributed by atoms with Gasteiger partial charge in [-0.05, 0) is 5.56 Å². The molecule has 0 radical (unpaired) electrons. The summed E-state index contributed by atoms with van der Waals surface area (Å²) in [6.45, 7) is 4.22. The lowest BCUT2D eigenvalue weighted by molar-refractivity contribution is -0.147. The topological polar surface area (TPSA) is 44.8 Å². The Morgan fingerprint density at radius 2 is 2.16 bits per heavy atom. The zero-order valence-corrected chi connectivity index (χ0v) is 10.5. The minimum Gasteiger partial charge on any atom is -0.457 e. The molecule has 19 heavy (non-hydrogen) atoms. The molecule has 2 saturated heterocycles. The van der Waals surface area contributed by atoms with Gasteiger partial charge in [0.05, 0.1) is 13.0 Å². The first-order valence-electron chi connectivity index (χ1n) is 6.41. The van der Waals surface area contributed by atoms with Crippen LogP contribution in [0.15, 0.2) is 43.0 Å². The third-order valence-electron chi connectivity index (χ3n) is 3.50. The third kappa shape index (κ3) is 2.41. The fraction of sp³-hybridized carbons (Fsp3) is 0.400. The van der Waals surface area contributed by atoms with Crippen LogP contribution in [0.2, 0.25) is 0 Å². The van der Waals surface area contributed by atoms with Crippen LogP contribution in [0, 0.1) is 0 Å². The number of carbonyl (C=O) groups excluding carboxylic acids is 1. The lowest BCUT2D eigenvalue weighted by atomic mass is 10.1. The minimum absolute atomic E-state index is 0.198. The Morgan fingerprint density at radius 1 is 1.37 bits per heavy atom. The first kappa shape index (κ1) is 12.4. The number of hydrogen-bond acceptors (Lipinski definition) is 4. The standard InChI is InChI=1S/C15H16O4/c1-2-11-14(15-12(18-11)8-13(16)19-15)17-9-10-6-4-3-5-7-10/h2-7,11-12,14-15H,1,8-9H2/t11-,12+,14-,15-/m1/s1. The molecule has 2 aliphatic heterocycles. The van der Waals surface area contributed by atoms with Crippen molar-refractivity contribution in [1.29, 1.82) is 0 Å². The monoisotopic (exact) mass is 260 g/mol. The van der Waals surface area contributed by atoms with E-state index in [-0.39, 0.29) is 30.4 Å². The van der Waals surface area contributed by atoms with E-state index in [1.165, 1.54) is 0 Å². The van der Waals surface area contributed by atoms with E-state index in [4.69, 9.17) is 14.2 Å². The summed E-state index contributed by atoms with van der Waals surface area (Å²) in [6.07, 6.45) is 1.03. The lowest BCUT2D eigenvalue weighted by Gasteiger charge is -2.20. The Labute approximate surface area is 112 Å². The number of hydrogen-bond donors (Lipinski definition) is 0. The quantitative estimate of drug-likeness (QED) is 0.612. The Kier molecular flexibility index (Phi) is 3.36. The van der Waals surface area contributed by atoms with Gasteiger partial charge in [-0.15, -0.1) is 6.58 Å². The van der Waals surface area contributed by atoms with Crippen LogP contribution in [-0.2, 0) is 25.6 Å². The molecule has 0 saturated carbocycles. The summed E-state index contributed by atoms with van der Waals surface area (Å²) >= 11 is 0. The zero-order valence-electron chi connectivity index (χ0n) is 10.5. The molecular weight excluding hydrogens is 244 g/mol. The second-order valence-corrected chi connectivity index (χ2v) is 4.79. The number of benzene rings is 1. The third-order valence-corrected chi connectivity index (χ3v) is 3.50. The maximum atomic E-state index is 11.3. The molecule has 0 unspecified atom stereocenters. The van der Waals surface area contributed by atoms with Crippen LogP contribution < -0.4 is 0 Å². The largest absolute Gasteiger partial charge is 0.457 e. The van der Waals surface area contributed by atoms with E-state index in [0.717, 1.165) is 5.56 Å². The van der Waals surface area contributed by atoms with Gasteiger partial charge in [0.15, 0.2) is 6.10 Å². The molecule has 0 aliphatic carbocycles. The Morgan fingerprint density at radius 3 is 2.89 bits per heavy atom. The van der Waals surface area contributed by atoms with Crippen molar-refractivity contribution in [2.75, 3.05) is 0 Å². The molecule has 4 nitrogen and oxygen atoms in total. The molecule has 4 atom stereocenters. The maximum absolute atomic E-state index is 11.3. The smallest absolute Gasteiger partial charge is 0.309 e. The average Bonchev–Trinajstić information content (AvgIpc) is 2.93. The van der Waals surface area contributed by atoms with Crippen LogP contribution in [0.3, 0.4) is 0 Å². The van der Waals surface area contributed by atoms with E-state index in [0.29, 0.717) is 13.0 Å². The summed E-state index contributed by atoms with van der Waals surface area (Å²) in [5.74, 6) is -0.217. The van der Waals surface area contributed by atoms with E-state index in [2.05, 4.69) is 6.58 Å². The van der Waals surface area contributed by atoms with Crippen LogP contribution in [0.1, 0.15) is 12.0 Å². The van der Waals surface area contributed by atoms with Gasteiger partial charge in [-0.25, -0.2) is 0 Å². The maximum Gasteiger partial charge on any atom is 0.309 e. The van der Waals surface area contributed by atoms with Crippen molar-refractivity contribution in [3.63, 3.8) is 0 Å². The van der Waals surface area contributed by atoms with Crippen LogP contribution >= 0.6 is 0 Å². The fourth-order valence-electron chi connectivity index (χ4n) is 2.57. The van der Waals surface area contributed by atoms with E-state index in [1.807, 2.05) is 30.3 Å². The second kappa shape index (κ2) is 5.15. The molecule has 2 fully saturated rings. The Hall–Kier alpha value is -1.65. The lowest BCUT2D eigenvalue weighted by Crippen LogP contribution is -2.34. The molecule has 1 aromatic carbocycles. The van der Waals surface area contributed by atoms with Crippen LogP contribution in [-0.4, -0.2) is 30.4 Å². The van der Waals surface area contributed by atoms with Gasteiger partial charge in [0.25, 0.3) is 0 Å². The van der Waals surface area contributed by atoms with Crippen LogP contribution in [0.25, 0.3) is 0 Å². The van der Waals surface area contributed by atoms with E-state index < -0.39 is 0 Å². The molecule has 0 spiro atoms. The van der Waals surface area contributed by atoms with E-state index in [1.54, 1.807) is 6.08 Å². The van der Waals surface area contributed by atoms with Gasteiger partial charge in [0.1, 0.15) is 18.3 Å². The van der Waals surface area contributed by atoms with Gasteiger partial charge in [-0.1, -0.05) is 36.4 Å². The SMILES string of the molecule is C=C[C@H]1O[C@H]2CC(=O)O[C@H]2[C@@H]1OCc1ccccc1. The zero-order chi connectivity index (χ0) is 13.2. The molecule has 0 amide bonds. The Bertz CT molecular complexity index is 470. The highest BCUT2D eigenvalue weighted by atomic mass is 16.6. The highest BCUT2D eigenvalue weighted by Crippen LogP contribution is 2.34. The number of esters is 1. The number of carbonyl (C=O) groups is 1. The van der Waals surface area contributed by atoms with Crippen molar-refractivity contribution in [3.8, 4) is 0 Å². The Balaban J connectivity index is 1.67. The van der Waals surface area contributed by atoms with Crippen molar-refractivity contribution in [2.24, 2.45) is 0 Å². The molecule has 100 valence electrons. The molecule has 0 N–H and O–H groups in total. The van der Waals surface area contributed by atoms with Crippen molar-refractivity contribution in [3.05, 3.63) is 48.6 Å². The van der Waals surface area contributed by atoms with Crippen molar-refractivity contribution >= 4 is 5.97 Å². The van der Waals surface area contributed by atoms with E-state index >= 15 is 0 Å². The van der Waals surface area contributed by atoms with Gasteiger partial charge < -0.3 is 14.2 Å². The molecule has 0 aromatic heterocycles. The van der Waals surface area contributed by atoms with Crippen molar-refractivity contribution < 1.29 is 19.0 Å². The number of ether oxygens (including phenoxy) is 3. The minimum atomic E-state index is -0.306. The van der Waals surface area contributed by atoms with Gasteiger partial charge in [-0.2, -0.15) is 0 Å². The van der Waals surface area contributed by atoms with E-state index in [9.17, 15) is 4.79 Å². The number of fused-ring (bicyclic) bond motifs is 1. The molecule has 1 aromatic rings. The van der Waals surface area contributed by atoms with Crippen LogP contribution in [0.4, 0.5) is 0 Å². The summed E-state index contributed by atoms with van der Waals surface area (Å²) in [6, 6.07) is 9.89. The summed E-state index contributed by atoms with van der Waals surface area (Å²) in [5.41, 5.74) is 1.08. The molecule has 2 aliphatic rings. The molecule has 2 heterocycles. The highest BCUT2D eigenvalue weighted by molar-refractivity contribution is 5.73. The normalized spacial score (nSPS) is 32.9. The van der Waals surface area contributed by atoms with Gasteiger partial charge in [-0.3, -0.25) is 4.79 Å². The van der Waals surface area contributed by atoms with Crippen molar-refractivity contribution in [1.82, 2.24) is 0 Å². The summed E-state index contributed by atoms with van der Waals surface area (Å²) in [7, 11) is 0. The summed E-state index contributed by atoms with van der Waals surface area (Å²) in [4.78, 5) is 11.3. The van der Waals surface area contributed by atoms with Crippen molar-refractivity contribution in [2.45, 2.75) is 37.4 Å². The summed E-state index contributed by atoms with van der Waals surface area (Å²) in [5, 5.41) is 0. The average molecular weight is 260 g/mol. The molecular formula is C15H16O4. The second-order valence-electron chi connectivity index (χ2n) is 4.79. The summed E-state index contributed by atoms with van der Waals surface area (Å²) < 4.78 is 16.9. The van der Waals surface area contributed by atoms with Gasteiger partial charge >= 0.3 is 5.97 Å². The molecule has 0 bridgehead atoms. The number of rotatable bonds is 4. The first-order chi connectivity index (χ1) is 9.28. The predicted octanol–water partition coefficient (Wildman–Crippen LogP) is 1.84. The first-order valence-corrected chi connectivity index (χ1v) is 6.41. The fourth-order valence-corrected chi connectivity index (χ4v) is 2.57. The predicted molar refractivity (Wildman–Crippen MR) is 68.4 cm³/mol. The molecule has 3 rings (SSSR count).